The first kappa shape index (κ1) is 22.6. The molecule has 30 heavy (non-hydrogen) atoms. The summed E-state index contributed by atoms with van der Waals surface area (Å²) in [5.41, 5.74) is 1.94. The van der Waals surface area contributed by atoms with Gasteiger partial charge in [-0.05, 0) is 91.3 Å². The van der Waals surface area contributed by atoms with Crippen LogP contribution in [-0.2, 0) is 4.79 Å². The van der Waals surface area contributed by atoms with Crippen molar-refractivity contribution in [2.45, 2.75) is 105 Å². The van der Waals surface area contributed by atoms with Gasteiger partial charge in [-0.1, -0.05) is 65.5 Å². The number of aliphatic hydroxyl groups is 1. The lowest BCUT2D eigenvalue weighted by Gasteiger charge is -2.59. The Labute approximate surface area is 185 Å². The van der Waals surface area contributed by atoms with E-state index >= 15 is 0 Å². The Morgan fingerprint density at radius 2 is 1.83 bits per heavy atom. The molecule has 0 saturated heterocycles. The highest BCUT2D eigenvalue weighted by Crippen LogP contribution is 2.67. The summed E-state index contributed by atoms with van der Waals surface area (Å²) in [4.78, 5) is 11.8. The van der Waals surface area contributed by atoms with E-state index in [1.54, 1.807) is 0 Å². The lowest BCUT2D eigenvalue weighted by Crippen LogP contribution is -2.52. The highest BCUT2D eigenvalue weighted by atomic mass is 16.3. The van der Waals surface area contributed by atoms with Gasteiger partial charge in [0, 0.05) is 0 Å². The fourth-order valence-corrected chi connectivity index (χ4v) is 8.99. The van der Waals surface area contributed by atoms with Crippen molar-refractivity contribution in [3.05, 3.63) is 11.6 Å². The highest BCUT2D eigenvalue weighted by molar-refractivity contribution is 5.62. The lowest BCUT2D eigenvalue weighted by molar-refractivity contribution is -0.117. The standard InChI is InChI=1S/C28H46O2/c1-18(2)7-6-8-19(3)22-11-12-23-20-9-10-24-21(17-29)26(30)14-16-28(24,5)25(20)13-15-27(22,23)4/h10,17-23,25-26,30H,6-9,11-16H2,1-5H3/t19-,20+,21-,22-,23+,25+,26+,27-,28+/m1/s1. The molecule has 0 aromatic carbocycles. The maximum Gasteiger partial charge on any atom is 0.129 e. The Hall–Kier alpha value is -0.630. The van der Waals surface area contributed by atoms with Crippen molar-refractivity contribution in [1.29, 1.82) is 0 Å². The summed E-state index contributed by atoms with van der Waals surface area (Å²) in [6, 6.07) is 0. The van der Waals surface area contributed by atoms with E-state index in [-0.39, 0.29) is 11.3 Å². The van der Waals surface area contributed by atoms with Crippen molar-refractivity contribution in [1.82, 2.24) is 0 Å². The fourth-order valence-electron chi connectivity index (χ4n) is 8.99. The minimum Gasteiger partial charge on any atom is -0.392 e. The number of allylic oxidation sites excluding steroid dienone is 1. The van der Waals surface area contributed by atoms with E-state index in [2.05, 4.69) is 40.7 Å². The van der Waals surface area contributed by atoms with Crippen LogP contribution in [0.25, 0.3) is 0 Å². The Morgan fingerprint density at radius 3 is 2.53 bits per heavy atom. The average Bonchev–Trinajstić information content (AvgIpc) is 3.05. The summed E-state index contributed by atoms with van der Waals surface area (Å²) in [5.74, 6) is 4.66. The number of carbonyl (C=O) groups excluding carboxylic acids is 1. The second-order valence-corrected chi connectivity index (χ2v) is 12.5. The number of aliphatic hydroxyl groups excluding tert-OH is 1. The van der Waals surface area contributed by atoms with Gasteiger partial charge in [0.15, 0.2) is 0 Å². The number of carbonyl (C=O) groups is 1. The molecule has 4 rings (SSSR count). The van der Waals surface area contributed by atoms with E-state index in [0.29, 0.717) is 11.3 Å². The second-order valence-electron chi connectivity index (χ2n) is 12.5. The number of aldehydes is 1. The minimum absolute atomic E-state index is 0.135. The monoisotopic (exact) mass is 414 g/mol. The predicted octanol–water partition coefficient (Wildman–Crippen LogP) is 6.81. The second kappa shape index (κ2) is 8.38. The molecule has 0 unspecified atom stereocenters. The van der Waals surface area contributed by atoms with Gasteiger partial charge in [-0.15, -0.1) is 0 Å². The Kier molecular flexibility index (Phi) is 6.30. The third kappa shape index (κ3) is 3.54. The predicted molar refractivity (Wildman–Crippen MR) is 124 cm³/mol. The Morgan fingerprint density at radius 1 is 1.07 bits per heavy atom. The van der Waals surface area contributed by atoms with Crippen LogP contribution in [0, 0.1) is 52.3 Å². The molecule has 0 aliphatic heterocycles. The first-order valence-corrected chi connectivity index (χ1v) is 13.1. The van der Waals surface area contributed by atoms with Crippen LogP contribution in [0.3, 0.4) is 0 Å². The normalized spacial score (nSPS) is 46.6. The molecule has 0 aromatic rings. The van der Waals surface area contributed by atoms with Gasteiger partial charge in [0.2, 0.25) is 0 Å². The summed E-state index contributed by atoms with van der Waals surface area (Å²) in [6.45, 7) is 12.3. The van der Waals surface area contributed by atoms with Crippen molar-refractivity contribution in [3.8, 4) is 0 Å². The van der Waals surface area contributed by atoms with Crippen LogP contribution in [0.1, 0.15) is 98.8 Å². The summed E-state index contributed by atoms with van der Waals surface area (Å²) < 4.78 is 0. The van der Waals surface area contributed by atoms with Crippen LogP contribution in [-0.4, -0.2) is 17.5 Å². The van der Waals surface area contributed by atoms with Crippen molar-refractivity contribution in [2.75, 3.05) is 0 Å². The van der Waals surface area contributed by atoms with Gasteiger partial charge < -0.3 is 9.90 Å². The van der Waals surface area contributed by atoms with Gasteiger partial charge in [-0.25, -0.2) is 0 Å². The summed E-state index contributed by atoms with van der Waals surface area (Å²) in [7, 11) is 0. The lowest BCUT2D eigenvalue weighted by atomic mass is 9.46. The molecule has 4 aliphatic rings. The average molecular weight is 415 g/mol. The number of fused-ring (bicyclic) bond motifs is 5. The van der Waals surface area contributed by atoms with Gasteiger partial charge in [0.1, 0.15) is 6.29 Å². The number of hydrogen-bond acceptors (Lipinski definition) is 2. The van der Waals surface area contributed by atoms with E-state index in [9.17, 15) is 9.90 Å². The van der Waals surface area contributed by atoms with Crippen molar-refractivity contribution < 1.29 is 9.90 Å². The van der Waals surface area contributed by atoms with Crippen LogP contribution < -0.4 is 0 Å². The molecule has 170 valence electrons. The third-order valence-corrected chi connectivity index (χ3v) is 10.6. The largest absolute Gasteiger partial charge is 0.392 e. The Bertz CT molecular complexity index is 666. The molecule has 2 nitrogen and oxygen atoms in total. The summed E-state index contributed by atoms with van der Waals surface area (Å²) in [6.07, 6.45) is 15.7. The zero-order valence-electron chi connectivity index (χ0n) is 20.2. The molecule has 4 aliphatic carbocycles. The fraction of sp³-hybridized carbons (Fsp3) is 0.893. The molecule has 0 radical (unpaired) electrons. The van der Waals surface area contributed by atoms with Crippen LogP contribution in [0.5, 0.6) is 0 Å². The van der Waals surface area contributed by atoms with Gasteiger partial charge >= 0.3 is 0 Å². The molecule has 2 heteroatoms. The van der Waals surface area contributed by atoms with Gasteiger partial charge in [0.25, 0.3) is 0 Å². The van der Waals surface area contributed by atoms with Gasteiger partial charge in [-0.2, -0.15) is 0 Å². The topological polar surface area (TPSA) is 37.3 Å². The molecule has 1 N–H and O–H groups in total. The SMILES string of the molecule is CC(C)CCC[C@@H](C)[C@H]1CC[C@H]2[C@@H]3CC=C4[C@@H](C=O)[C@@H](O)CC[C@]4(C)[C@H]3CC[C@]12C. The van der Waals surface area contributed by atoms with E-state index in [1.807, 2.05) is 0 Å². The molecule has 0 bridgehead atoms. The molecular weight excluding hydrogens is 368 g/mol. The van der Waals surface area contributed by atoms with Crippen LogP contribution in [0.15, 0.2) is 11.6 Å². The smallest absolute Gasteiger partial charge is 0.129 e. The first-order chi connectivity index (χ1) is 14.2. The van der Waals surface area contributed by atoms with Crippen LogP contribution in [0.4, 0.5) is 0 Å². The van der Waals surface area contributed by atoms with Crippen molar-refractivity contribution in [2.24, 2.45) is 52.3 Å². The summed E-state index contributed by atoms with van der Waals surface area (Å²) in [5, 5.41) is 10.4. The minimum atomic E-state index is -0.463. The van der Waals surface area contributed by atoms with E-state index < -0.39 is 6.10 Å². The number of hydrogen-bond donors (Lipinski definition) is 1. The third-order valence-electron chi connectivity index (χ3n) is 10.6. The molecular formula is C28H46O2. The maximum atomic E-state index is 11.8. The zero-order chi connectivity index (χ0) is 21.7. The molecule has 0 aromatic heterocycles. The highest BCUT2D eigenvalue weighted by Gasteiger charge is 2.60. The maximum absolute atomic E-state index is 11.8. The molecule has 9 atom stereocenters. The molecule has 0 heterocycles. The van der Waals surface area contributed by atoms with Gasteiger partial charge in [0.05, 0.1) is 12.0 Å². The van der Waals surface area contributed by atoms with Crippen LogP contribution >= 0.6 is 0 Å². The zero-order valence-corrected chi connectivity index (χ0v) is 20.2. The molecule has 3 fully saturated rings. The molecule has 0 amide bonds. The summed E-state index contributed by atoms with van der Waals surface area (Å²) >= 11 is 0. The first-order valence-electron chi connectivity index (χ1n) is 13.1. The van der Waals surface area contributed by atoms with E-state index in [1.165, 1.54) is 50.5 Å². The van der Waals surface area contributed by atoms with Gasteiger partial charge in [-0.3, -0.25) is 0 Å². The van der Waals surface area contributed by atoms with E-state index in [0.717, 1.165) is 55.1 Å². The molecule has 0 spiro atoms. The number of rotatable bonds is 6. The van der Waals surface area contributed by atoms with Crippen molar-refractivity contribution in [3.63, 3.8) is 0 Å². The molecule has 3 saturated carbocycles. The van der Waals surface area contributed by atoms with Crippen molar-refractivity contribution >= 4 is 6.29 Å². The van der Waals surface area contributed by atoms with Crippen LogP contribution in [0.2, 0.25) is 0 Å². The quantitative estimate of drug-likeness (QED) is 0.383. The van der Waals surface area contributed by atoms with E-state index in [4.69, 9.17) is 0 Å². The Balaban J connectivity index is 1.53.